The summed E-state index contributed by atoms with van der Waals surface area (Å²) in [6.45, 7) is 3.87. The minimum Gasteiger partial charge on any atom is -0.250 e. The second-order valence-electron chi connectivity index (χ2n) is 3.62. The predicted octanol–water partition coefficient (Wildman–Crippen LogP) is 3.20. The number of hydrogen-bond donors (Lipinski definition) is 0. The van der Waals surface area contributed by atoms with Gasteiger partial charge in [-0.3, -0.25) is 0 Å². The quantitative estimate of drug-likeness (QED) is 0.770. The van der Waals surface area contributed by atoms with E-state index in [-0.39, 0.29) is 5.82 Å². The van der Waals surface area contributed by atoms with Gasteiger partial charge in [-0.15, -0.1) is 0 Å². The van der Waals surface area contributed by atoms with Crippen molar-refractivity contribution >= 4 is 11.6 Å². The first kappa shape index (κ1) is 11.9. The van der Waals surface area contributed by atoms with Gasteiger partial charge in [-0.25, -0.2) is 19.3 Å². The molecule has 5 heteroatoms. The molecule has 2 aromatic heterocycles. The Kier molecular flexibility index (Phi) is 3.33. The summed E-state index contributed by atoms with van der Waals surface area (Å²) in [5, 5.41) is 0.415. The van der Waals surface area contributed by atoms with Gasteiger partial charge in [0.15, 0.2) is 5.82 Å². The number of aromatic nitrogens is 3. The first-order valence-electron chi connectivity index (χ1n) is 5.26. The van der Waals surface area contributed by atoms with Crippen molar-refractivity contribution in [2.24, 2.45) is 0 Å². The average molecular weight is 252 g/mol. The molecular weight excluding hydrogens is 241 g/mol. The molecule has 0 saturated carbocycles. The number of rotatable bonds is 2. The number of pyridine rings is 1. The van der Waals surface area contributed by atoms with E-state index in [4.69, 9.17) is 11.6 Å². The van der Waals surface area contributed by atoms with Gasteiger partial charge in [0.2, 0.25) is 0 Å². The van der Waals surface area contributed by atoms with Crippen LogP contribution >= 0.6 is 11.6 Å². The van der Waals surface area contributed by atoms with Gasteiger partial charge in [0.25, 0.3) is 0 Å². The van der Waals surface area contributed by atoms with Gasteiger partial charge in [-0.05, 0) is 25.5 Å². The molecule has 2 heterocycles. The van der Waals surface area contributed by atoms with Gasteiger partial charge in [0.05, 0.1) is 6.20 Å². The maximum Gasteiger partial charge on any atom is 0.179 e. The zero-order valence-electron chi connectivity index (χ0n) is 9.54. The summed E-state index contributed by atoms with van der Waals surface area (Å²) < 4.78 is 12.8. The van der Waals surface area contributed by atoms with Gasteiger partial charge in [0.1, 0.15) is 16.7 Å². The minimum absolute atomic E-state index is 0.386. The maximum absolute atomic E-state index is 12.8. The Morgan fingerprint density at radius 1 is 1.29 bits per heavy atom. The summed E-state index contributed by atoms with van der Waals surface area (Å²) in [6.07, 6.45) is 1.90. The Morgan fingerprint density at radius 2 is 2.06 bits per heavy atom. The van der Waals surface area contributed by atoms with E-state index in [2.05, 4.69) is 15.0 Å². The largest absolute Gasteiger partial charge is 0.250 e. The van der Waals surface area contributed by atoms with Crippen LogP contribution in [0.4, 0.5) is 4.39 Å². The highest BCUT2D eigenvalue weighted by Crippen LogP contribution is 2.20. The van der Waals surface area contributed by atoms with Gasteiger partial charge in [0, 0.05) is 11.3 Å². The average Bonchev–Trinajstić information content (AvgIpc) is 2.33. The molecule has 3 nitrogen and oxygen atoms in total. The maximum atomic E-state index is 12.8. The van der Waals surface area contributed by atoms with Crippen LogP contribution in [0.25, 0.3) is 11.5 Å². The van der Waals surface area contributed by atoms with E-state index < -0.39 is 0 Å². The van der Waals surface area contributed by atoms with E-state index in [1.54, 1.807) is 0 Å². The normalized spacial score (nSPS) is 10.6. The molecule has 0 aliphatic rings. The number of halogens is 2. The molecule has 88 valence electrons. The van der Waals surface area contributed by atoms with Gasteiger partial charge in [-0.2, -0.15) is 0 Å². The predicted molar refractivity (Wildman–Crippen MR) is 64.3 cm³/mol. The molecule has 2 aromatic rings. The first-order chi connectivity index (χ1) is 8.11. The lowest BCUT2D eigenvalue weighted by Crippen LogP contribution is -2.00. The lowest BCUT2D eigenvalue weighted by Gasteiger charge is -2.06. The van der Waals surface area contributed by atoms with Gasteiger partial charge < -0.3 is 0 Å². The molecule has 0 radical (unpaired) electrons. The highest BCUT2D eigenvalue weighted by molar-refractivity contribution is 6.30. The summed E-state index contributed by atoms with van der Waals surface area (Å²) in [6, 6.07) is 2.86. The standard InChI is InChI=1S/C12H11ClFN3/c1-3-9-7(2)11(13)17-12(16-9)10-5-4-8(14)6-15-10/h4-6H,3H2,1-2H3. The number of nitrogens with zero attached hydrogens (tertiary/aromatic N) is 3. The fraction of sp³-hybridized carbons (Fsp3) is 0.250. The van der Waals surface area contributed by atoms with Crippen LogP contribution in [0.2, 0.25) is 5.15 Å². The second kappa shape index (κ2) is 4.75. The second-order valence-corrected chi connectivity index (χ2v) is 3.98. The zero-order valence-corrected chi connectivity index (χ0v) is 10.3. The van der Waals surface area contributed by atoms with E-state index in [9.17, 15) is 4.39 Å². The zero-order chi connectivity index (χ0) is 12.4. The third-order valence-corrected chi connectivity index (χ3v) is 2.85. The van der Waals surface area contributed by atoms with Crippen LogP contribution in [0.1, 0.15) is 18.2 Å². The van der Waals surface area contributed by atoms with Crippen molar-refractivity contribution in [2.45, 2.75) is 20.3 Å². The van der Waals surface area contributed by atoms with Crippen LogP contribution in [0.5, 0.6) is 0 Å². The topological polar surface area (TPSA) is 38.7 Å². The first-order valence-corrected chi connectivity index (χ1v) is 5.64. The molecule has 0 amide bonds. The highest BCUT2D eigenvalue weighted by Gasteiger charge is 2.10. The van der Waals surface area contributed by atoms with Crippen LogP contribution in [0, 0.1) is 12.7 Å². The molecule has 0 saturated heterocycles. The van der Waals surface area contributed by atoms with E-state index in [0.29, 0.717) is 16.7 Å². The lowest BCUT2D eigenvalue weighted by atomic mass is 10.2. The molecule has 0 aliphatic carbocycles. The third-order valence-electron chi connectivity index (χ3n) is 2.48. The smallest absolute Gasteiger partial charge is 0.179 e. The van der Waals surface area contributed by atoms with Crippen molar-refractivity contribution in [1.82, 2.24) is 15.0 Å². The summed E-state index contributed by atoms with van der Waals surface area (Å²) in [4.78, 5) is 12.5. The number of hydrogen-bond acceptors (Lipinski definition) is 3. The SMILES string of the molecule is CCc1nc(-c2ccc(F)cn2)nc(Cl)c1C. The Bertz CT molecular complexity index is 540. The Labute approximate surface area is 104 Å². The Balaban J connectivity index is 2.52. The fourth-order valence-corrected chi connectivity index (χ4v) is 1.69. The fourth-order valence-electron chi connectivity index (χ4n) is 1.50. The molecule has 0 spiro atoms. The van der Waals surface area contributed by atoms with Gasteiger partial charge >= 0.3 is 0 Å². The van der Waals surface area contributed by atoms with E-state index in [1.165, 1.54) is 12.1 Å². The third kappa shape index (κ3) is 2.42. The Morgan fingerprint density at radius 3 is 2.65 bits per heavy atom. The molecule has 0 N–H and O–H groups in total. The van der Waals surface area contributed by atoms with Crippen LogP contribution in [0.3, 0.4) is 0 Å². The van der Waals surface area contributed by atoms with E-state index >= 15 is 0 Å². The van der Waals surface area contributed by atoms with Crippen molar-refractivity contribution in [3.8, 4) is 11.5 Å². The molecule has 0 fully saturated rings. The Hall–Kier alpha value is -1.55. The minimum atomic E-state index is -0.386. The van der Waals surface area contributed by atoms with Crippen LogP contribution in [0.15, 0.2) is 18.3 Å². The molecule has 0 aromatic carbocycles. The van der Waals surface area contributed by atoms with Crippen molar-refractivity contribution in [3.63, 3.8) is 0 Å². The molecule has 0 aliphatic heterocycles. The van der Waals surface area contributed by atoms with Crippen LogP contribution < -0.4 is 0 Å². The monoisotopic (exact) mass is 251 g/mol. The van der Waals surface area contributed by atoms with Crippen molar-refractivity contribution in [3.05, 3.63) is 40.6 Å². The summed E-state index contributed by atoms with van der Waals surface area (Å²) in [5.74, 6) is 0.0418. The summed E-state index contributed by atoms with van der Waals surface area (Å²) >= 11 is 6.03. The van der Waals surface area contributed by atoms with E-state index in [1.807, 2.05) is 13.8 Å². The summed E-state index contributed by atoms with van der Waals surface area (Å²) in [7, 11) is 0. The molecule has 0 bridgehead atoms. The summed E-state index contributed by atoms with van der Waals surface area (Å²) in [5.41, 5.74) is 2.27. The van der Waals surface area contributed by atoms with Crippen molar-refractivity contribution in [2.75, 3.05) is 0 Å². The molecule has 0 atom stereocenters. The lowest BCUT2D eigenvalue weighted by molar-refractivity contribution is 0.621. The van der Waals surface area contributed by atoms with Crippen LogP contribution in [-0.2, 0) is 6.42 Å². The molecule has 2 rings (SSSR count). The molecular formula is C12H11ClFN3. The van der Waals surface area contributed by atoms with Crippen molar-refractivity contribution in [1.29, 1.82) is 0 Å². The number of aryl methyl sites for hydroxylation is 1. The van der Waals surface area contributed by atoms with Gasteiger partial charge in [-0.1, -0.05) is 18.5 Å². The van der Waals surface area contributed by atoms with E-state index in [0.717, 1.165) is 23.9 Å². The molecule has 17 heavy (non-hydrogen) atoms. The van der Waals surface area contributed by atoms with Crippen molar-refractivity contribution < 1.29 is 4.39 Å². The molecule has 0 unspecified atom stereocenters. The highest BCUT2D eigenvalue weighted by atomic mass is 35.5. The van der Waals surface area contributed by atoms with Crippen LogP contribution in [-0.4, -0.2) is 15.0 Å².